The summed E-state index contributed by atoms with van der Waals surface area (Å²) in [5.74, 6) is -0.169. The van der Waals surface area contributed by atoms with Gasteiger partial charge in [0, 0.05) is 106 Å². The van der Waals surface area contributed by atoms with E-state index in [1.807, 2.05) is 17.4 Å². The molecule has 0 radical (unpaired) electrons. The van der Waals surface area contributed by atoms with Crippen LogP contribution < -0.4 is 19.7 Å². The van der Waals surface area contributed by atoms with Crippen molar-refractivity contribution in [2.45, 2.75) is 57.4 Å². The molecule has 3 fully saturated rings. The van der Waals surface area contributed by atoms with Gasteiger partial charge in [0.25, 0.3) is 21.6 Å². The third-order valence-electron chi connectivity index (χ3n) is 13.3. The van der Waals surface area contributed by atoms with E-state index in [2.05, 4.69) is 60.0 Å². The second kappa shape index (κ2) is 19.8. The average Bonchev–Trinajstić information content (AvgIpc) is 3.99. The van der Waals surface area contributed by atoms with Crippen LogP contribution in [-0.4, -0.2) is 118 Å². The minimum atomic E-state index is -4.55. The van der Waals surface area contributed by atoms with E-state index in [0.29, 0.717) is 31.2 Å². The fourth-order valence-corrected chi connectivity index (χ4v) is 11.3. The maximum absolute atomic E-state index is 14.0. The van der Waals surface area contributed by atoms with E-state index in [1.54, 1.807) is 30.5 Å². The molecule has 0 saturated carbocycles. The highest BCUT2D eigenvalue weighted by Crippen LogP contribution is 2.44. The molecule has 0 bridgehead atoms. The molecule has 1 aliphatic carbocycles. The number of nitrogens with one attached hydrogen (secondary N) is 3. The summed E-state index contributed by atoms with van der Waals surface area (Å²) in [7, 11) is -4.55. The van der Waals surface area contributed by atoms with Gasteiger partial charge >= 0.3 is 0 Å². The largest absolute Gasteiger partial charge is 0.455 e. The minimum Gasteiger partial charge on any atom is -0.455 e. The van der Waals surface area contributed by atoms with Gasteiger partial charge in [-0.2, -0.15) is 0 Å². The van der Waals surface area contributed by atoms with Crippen LogP contribution in [-0.2, 0) is 26.0 Å². The molecule has 18 heteroatoms. The topological polar surface area (TPSA) is 184 Å². The number of hydrogen-bond acceptors (Lipinski definition) is 14. The number of carbonyl (C=O) groups excluding carboxylic acids is 1. The first-order chi connectivity index (χ1) is 31.9. The quantitative estimate of drug-likeness (QED) is 0.0681. The molecule has 66 heavy (non-hydrogen) atoms. The summed E-state index contributed by atoms with van der Waals surface area (Å²) in [5.41, 5.74) is 5.89. The summed E-state index contributed by atoms with van der Waals surface area (Å²) < 4.78 is 46.9. The van der Waals surface area contributed by atoms with Gasteiger partial charge in [0.1, 0.15) is 22.8 Å². The Bertz CT molecular complexity index is 2700. The van der Waals surface area contributed by atoms with Crippen molar-refractivity contribution in [3.8, 4) is 11.5 Å². The van der Waals surface area contributed by atoms with Gasteiger partial charge < -0.3 is 29.4 Å². The number of piperazine rings is 1. The standard InChI is InChI=1S/C48H58N8O8S2/c1-48(2)11-7-35(42(27-48)36-24-39(65-32-36)31-54-17-21-63-22-18-54)30-53-13-15-55(16-14-53)37-3-5-41(45(25-37)64-38-23-34-8-12-49-46(34)51-29-38)47(57)52-66(60,61)40-4-6-43(44(26-40)56(58)59)50-28-33-9-19-62-20-10-33/h3-6,8,12,23-26,29,32-33,50H,7,9-11,13-22,27-28,30-31H2,1-2H3,(H,49,51)(H,52,57). The predicted molar refractivity (Wildman–Crippen MR) is 256 cm³/mol. The summed E-state index contributed by atoms with van der Waals surface area (Å²) in [4.78, 5) is 41.2. The molecule has 2 aromatic carbocycles. The number of nitro benzene ring substituents is 1. The number of ether oxygens (including phenoxy) is 3. The predicted octanol–water partition coefficient (Wildman–Crippen LogP) is 7.90. The van der Waals surface area contributed by atoms with Crippen LogP contribution in [0.2, 0.25) is 0 Å². The average molecular weight is 939 g/mol. The molecule has 3 saturated heterocycles. The number of benzene rings is 2. The first kappa shape index (κ1) is 45.8. The molecule has 1 amide bonds. The van der Waals surface area contributed by atoms with Gasteiger partial charge in [0.05, 0.1) is 34.8 Å². The first-order valence-corrected chi connectivity index (χ1v) is 25.2. The number of nitro groups is 1. The highest BCUT2D eigenvalue weighted by Gasteiger charge is 2.31. The first-order valence-electron chi connectivity index (χ1n) is 22.8. The van der Waals surface area contributed by atoms with Gasteiger partial charge in [-0.25, -0.2) is 18.1 Å². The van der Waals surface area contributed by atoms with Crippen molar-refractivity contribution in [2.24, 2.45) is 11.3 Å². The number of allylic oxidation sites excluding steroid dienone is 1. The van der Waals surface area contributed by atoms with E-state index >= 15 is 0 Å². The van der Waals surface area contributed by atoms with E-state index in [-0.39, 0.29) is 28.3 Å². The zero-order valence-corrected chi connectivity index (χ0v) is 39.2. The Kier molecular flexibility index (Phi) is 13.8. The highest BCUT2D eigenvalue weighted by molar-refractivity contribution is 7.90. The summed E-state index contributed by atoms with van der Waals surface area (Å²) in [6, 6.07) is 14.8. The van der Waals surface area contributed by atoms with E-state index in [0.717, 1.165) is 115 Å². The summed E-state index contributed by atoms with van der Waals surface area (Å²) in [6.07, 6.45) is 8.26. The van der Waals surface area contributed by atoms with Crippen LogP contribution in [0.4, 0.5) is 17.1 Å². The van der Waals surface area contributed by atoms with Crippen molar-refractivity contribution in [3.63, 3.8) is 0 Å². The van der Waals surface area contributed by atoms with Gasteiger partial charge in [-0.15, -0.1) is 11.3 Å². The maximum atomic E-state index is 14.0. The van der Waals surface area contributed by atoms with Gasteiger partial charge in [0.2, 0.25) is 0 Å². The van der Waals surface area contributed by atoms with Crippen LogP contribution in [0.5, 0.6) is 11.5 Å². The zero-order chi connectivity index (χ0) is 45.8. The van der Waals surface area contributed by atoms with Crippen molar-refractivity contribution in [1.82, 2.24) is 24.5 Å². The lowest BCUT2D eigenvalue weighted by atomic mass is 9.73. The number of pyridine rings is 1. The van der Waals surface area contributed by atoms with Crippen LogP contribution in [0.25, 0.3) is 16.6 Å². The third-order valence-corrected chi connectivity index (χ3v) is 15.5. The number of aromatic amines is 1. The second-order valence-corrected chi connectivity index (χ2v) is 21.2. The van der Waals surface area contributed by atoms with Crippen molar-refractivity contribution < 1.29 is 32.3 Å². The van der Waals surface area contributed by atoms with Gasteiger partial charge in [-0.1, -0.05) is 19.4 Å². The SMILES string of the molecule is CC1(C)CCC(CN2CCN(c3ccc(C(=O)NS(=O)(=O)c4ccc(NCC5CCOCC5)c([N+](=O)[O-])c4)c(Oc4cnc5[nH]ccc5c4)c3)CC2)=C(c2csc(CN3CCOCC3)c2)C1. The maximum Gasteiger partial charge on any atom is 0.293 e. The lowest BCUT2D eigenvalue weighted by molar-refractivity contribution is -0.384. The van der Waals surface area contributed by atoms with Crippen molar-refractivity contribution >= 4 is 60.9 Å². The molecule has 350 valence electrons. The van der Waals surface area contributed by atoms with Gasteiger partial charge in [-0.05, 0) is 102 Å². The Morgan fingerprint density at radius 3 is 2.53 bits per heavy atom. The molecule has 0 atom stereocenters. The molecule has 16 nitrogen and oxygen atoms in total. The highest BCUT2D eigenvalue weighted by atomic mass is 32.2. The minimum absolute atomic E-state index is 0.0272. The van der Waals surface area contributed by atoms with E-state index in [9.17, 15) is 23.3 Å². The fourth-order valence-electron chi connectivity index (χ4n) is 9.35. The number of H-pyrrole nitrogens is 1. The number of hydrogen-bond donors (Lipinski definition) is 3. The van der Waals surface area contributed by atoms with Gasteiger partial charge in [-0.3, -0.25) is 24.7 Å². The molecule has 3 aromatic heterocycles. The van der Waals surface area contributed by atoms with Crippen LogP contribution in [0.15, 0.2) is 82.8 Å². The smallest absolute Gasteiger partial charge is 0.293 e. The molecule has 6 heterocycles. The summed E-state index contributed by atoms with van der Waals surface area (Å²) >= 11 is 1.86. The monoisotopic (exact) mass is 938 g/mol. The van der Waals surface area contributed by atoms with Crippen molar-refractivity contribution in [2.75, 3.05) is 89.0 Å². The van der Waals surface area contributed by atoms with E-state index in [4.69, 9.17) is 14.2 Å². The number of thiophene rings is 1. The number of rotatable bonds is 15. The number of aromatic nitrogens is 2. The lowest BCUT2D eigenvalue weighted by Crippen LogP contribution is -2.47. The van der Waals surface area contributed by atoms with E-state index in [1.165, 1.54) is 39.9 Å². The molecule has 0 unspecified atom stereocenters. The van der Waals surface area contributed by atoms with Crippen molar-refractivity contribution in [1.29, 1.82) is 0 Å². The molecule has 5 aromatic rings. The third kappa shape index (κ3) is 10.9. The number of fused-ring (bicyclic) bond motifs is 1. The molecular weight excluding hydrogens is 881 g/mol. The van der Waals surface area contributed by atoms with Crippen LogP contribution >= 0.6 is 11.3 Å². The Balaban J connectivity index is 0.908. The lowest BCUT2D eigenvalue weighted by Gasteiger charge is -2.39. The Labute approximate surface area is 389 Å². The number of amides is 1. The summed E-state index contributed by atoms with van der Waals surface area (Å²) in [6.45, 7) is 15.1. The molecule has 9 rings (SSSR count). The van der Waals surface area contributed by atoms with Crippen LogP contribution in [0, 0.1) is 21.4 Å². The molecule has 3 aliphatic heterocycles. The Morgan fingerprint density at radius 2 is 1.74 bits per heavy atom. The Hall–Kier alpha value is -5.37. The normalized spacial score (nSPS) is 19.0. The number of nitrogens with zero attached hydrogens (tertiary/aromatic N) is 5. The molecule has 3 N–H and O–H groups in total. The van der Waals surface area contributed by atoms with Crippen molar-refractivity contribution in [3.05, 3.63) is 104 Å². The number of anilines is 2. The second-order valence-electron chi connectivity index (χ2n) is 18.6. The van der Waals surface area contributed by atoms with E-state index < -0.39 is 31.4 Å². The summed E-state index contributed by atoms with van der Waals surface area (Å²) in [5, 5.41) is 18.4. The number of sulfonamides is 1. The molecule has 0 spiro atoms. The van der Waals surface area contributed by atoms with Gasteiger partial charge in [0.15, 0.2) is 0 Å². The number of carbonyl (C=O) groups is 1. The zero-order valence-electron chi connectivity index (χ0n) is 37.6. The number of morpholine rings is 1. The van der Waals surface area contributed by atoms with Crippen LogP contribution in [0.1, 0.15) is 66.8 Å². The van der Waals surface area contributed by atoms with Crippen LogP contribution in [0.3, 0.4) is 0 Å². The Morgan fingerprint density at radius 1 is 0.970 bits per heavy atom. The molecule has 4 aliphatic rings. The molecular formula is C48H58N8O8S2. The fraction of sp³-hybridized carbons (Fsp3) is 0.458.